The van der Waals surface area contributed by atoms with Gasteiger partial charge in [0, 0.05) is 0 Å². The van der Waals surface area contributed by atoms with Crippen LogP contribution in [0, 0.1) is 11.8 Å². The van der Waals surface area contributed by atoms with Gasteiger partial charge in [0.05, 0.1) is 5.60 Å². The van der Waals surface area contributed by atoms with Crippen LogP contribution in [0.5, 0.6) is 0 Å². The Bertz CT molecular complexity index is 145. The van der Waals surface area contributed by atoms with E-state index in [0.29, 0.717) is 18.4 Å². The van der Waals surface area contributed by atoms with Crippen molar-refractivity contribution < 1.29 is 5.11 Å². The number of rotatable bonds is 3. The third-order valence-corrected chi connectivity index (χ3v) is 3.55. The molecule has 3 unspecified atom stereocenters. The Morgan fingerprint density at radius 2 is 2.33 bits per heavy atom. The lowest BCUT2D eigenvalue weighted by atomic mass is 9.78. The second kappa shape index (κ2) is 3.75. The molecule has 1 saturated carbocycles. The Morgan fingerprint density at radius 1 is 1.67 bits per heavy atom. The van der Waals surface area contributed by atoms with Gasteiger partial charge in [-0.25, -0.2) is 0 Å². The monoisotopic (exact) mass is 171 g/mol. The summed E-state index contributed by atoms with van der Waals surface area (Å²) in [5.74, 6) is 0.737. The van der Waals surface area contributed by atoms with Gasteiger partial charge < -0.3 is 10.8 Å². The van der Waals surface area contributed by atoms with E-state index in [1.54, 1.807) is 0 Å². The van der Waals surface area contributed by atoms with Gasteiger partial charge in [0.2, 0.25) is 0 Å². The molecular formula is C10H21NO. The zero-order chi connectivity index (χ0) is 9.19. The van der Waals surface area contributed by atoms with E-state index in [-0.39, 0.29) is 0 Å². The van der Waals surface area contributed by atoms with Crippen molar-refractivity contribution in [1.29, 1.82) is 0 Å². The molecule has 0 aliphatic heterocycles. The fraction of sp³-hybridized carbons (Fsp3) is 1.00. The van der Waals surface area contributed by atoms with Gasteiger partial charge in [-0.3, -0.25) is 0 Å². The lowest BCUT2D eigenvalue weighted by Gasteiger charge is -2.35. The van der Waals surface area contributed by atoms with Crippen molar-refractivity contribution in [2.45, 2.75) is 45.1 Å². The number of nitrogens with two attached hydrogens (primary N) is 1. The summed E-state index contributed by atoms with van der Waals surface area (Å²) in [6, 6.07) is 0. The Hall–Kier alpha value is -0.0800. The zero-order valence-electron chi connectivity index (χ0n) is 8.21. The Morgan fingerprint density at radius 3 is 2.67 bits per heavy atom. The molecule has 0 spiro atoms. The summed E-state index contributed by atoms with van der Waals surface area (Å²) in [5.41, 5.74) is 5.20. The lowest BCUT2D eigenvalue weighted by Crippen LogP contribution is -2.43. The topological polar surface area (TPSA) is 46.2 Å². The van der Waals surface area contributed by atoms with Gasteiger partial charge in [0.25, 0.3) is 0 Å². The van der Waals surface area contributed by atoms with Crippen LogP contribution in [0.3, 0.4) is 0 Å². The quantitative estimate of drug-likeness (QED) is 0.676. The van der Waals surface area contributed by atoms with Crippen molar-refractivity contribution in [1.82, 2.24) is 0 Å². The average Bonchev–Trinajstić information content (AvgIpc) is 2.36. The molecule has 2 heteroatoms. The fourth-order valence-electron chi connectivity index (χ4n) is 2.52. The third-order valence-electron chi connectivity index (χ3n) is 3.55. The SMILES string of the molecule is CCC(CN)C1(O)CCCC1C. The Balaban J connectivity index is 2.67. The number of hydrogen-bond acceptors (Lipinski definition) is 2. The van der Waals surface area contributed by atoms with Gasteiger partial charge in [0.15, 0.2) is 0 Å². The van der Waals surface area contributed by atoms with Crippen molar-refractivity contribution in [3.63, 3.8) is 0 Å². The molecule has 1 aliphatic carbocycles. The van der Waals surface area contributed by atoms with Crippen LogP contribution < -0.4 is 5.73 Å². The van der Waals surface area contributed by atoms with Crippen molar-refractivity contribution in [3.8, 4) is 0 Å². The van der Waals surface area contributed by atoms with Crippen LogP contribution in [0.4, 0.5) is 0 Å². The van der Waals surface area contributed by atoms with Gasteiger partial charge in [-0.15, -0.1) is 0 Å². The van der Waals surface area contributed by atoms with E-state index in [1.807, 2.05) is 0 Å². The summed E-state index contributed by atoms with van der Waals surface area (Å²) in [6.07, 6.45) is 4.27. The van der Waals surface area contributed by atoms with Gasteiger partial charge in [0.1, 0.15) is 0 Å². The molecule has 0 bridgehead atoms. The Labute approximate surface area is 75.2 Å². The van der Waals surface area contributed by atoms with Crippen LogP contribution in [0.15, 0.2) is 0 Å². The van der Waals surface area contributed by atoms with Crippen molar-refractivity contribution >= 4 is 0 Å². The third kappa shape index (κ3) is 1.50. The zero-order valence-corrected chi connectivity index (χ0v) is 8.21. The molecule has 1 aliphatic rings. The van der Waals surface area contributed by atoms with Crippen LogP contribution in [0.25, 0.3) is 0 Å². The number of hydrogen-bond donors (Lipinski definition) is 2. The molecule has 0 aromatic carbocycles. The Kier molecular flexibility index (Phi) is 3.13. The minimum Gasteiger partial charge on any atom is -0.389 e. The molecule has 12 heavy (non-hydrogen) atoms. The van der Waals surface area contributed by atoms with E-state index >= 15 is 0 Å². The second-order valence-corrected chi connectivity index (χ2v) is 4.13. The summed E-state index contributed by atoms with van der Waals surface area (Å²) in [4.78, 5) is 0. The summed E-state index contributed by atoms with van der Waals surface area (Å²) < 4.78 is 0. The first kappa shape index (κ1) is 10.0. The van der Waals surface area contributed by atoms with E-state index in [1.165, 1.54) is 0 Å². The smallest absolute Gasteiger partial charge is 0.0713 e. The molecule has 3 atom stereocenters. The summed E-state index contributed by atoms with van der Waals surface area (Å²) >= 11 is 0. The highest BCUT2D eigenvalue weighted by molar-refractivity contribution is 4.95. The summed E-state index contributed by atoms with van der Waals surface area (Å²) in [7, 11) is 0. The molecule has 72 valence electrons. The van der Waals surface area contributed by atoms with Crippen molar-refractivity contribution in [2.75, 3.05) is 6.54 Å². The van der Waals surface area contributed by atoms with Crippen molar-refractivity contribution in [3.05, 3.63) is 0 Å². The standard InChI is InChI=1S/C10H21NO/c1-3-9(7-11)10(12)6-4-5-8(10)2/h8-9,12H,3-7,11H2,1-2H3. The first-order valence-corrected chi connectivity index (χ1v) is 5.07. The molecule has 2 nitrogen and oxygen atoms in total. The normalized spacial score (nSPS) is 38.5. The van der Waals surface area contributed by atoms with E-state index in [2.05, 4.69) is 13.8 Å². The molecule has 0 aromatic rings. The predicted octanol–water partition coefficient (Wildman–Crippen LogP) is 1.52. The highest BCUT2D eigenvalue weighted by Crippen LogP contribution is 2.41. The average molecular weight is 171 g/mol. The van der Waals surface area contributed by atoms with Gasteiger partial charge in [-0.1, -0.05) is 20.3 Å². The maximum atomic E-state index is 10.3. The molecule has 0 heterocycles. The fourth-order valence-corrected chi connectivity index (χ4v) is 2.52. The lowest BCUT2D eigenvalue weighted by molar-refractivity contribution is -0.0444. The molecule has 0 aromatic heterocycles. The van der Waals surface area contributed by atoms with Gasteiger partial charge in [-0.05, 0) is 37.6 Å². The molecule has 3 N–H and O–H groups in total. The van der Waals surface area contributed by atoms with Crippen LogP contribution in [0.1, 0.15) is 39.5 Å². The molecule has 0 radical (unpaired) electrons. The predicted molar refractivity (Wildman–Crippen MR) is 50.8 cm³/mol. The minimum absolute atomic E-state index is 0.301. The molecular weight excluding hydrogens is 150 g/mol. The summed E-state index contributed by atoms with van der Waals surface area (Å²) in [5, 5.41) is 10.3. The second-order valence-electron chi connectivity index (χ2n) is 4.13. The van der Waals surface area contributed by atoms with Crippen LogP contribution >= 0.6 is 0 Å². The maximum absolute atomic E-state index is 10.3. The molecule has 0 amide bonds. The minimum atomic E-state index is -0.455. The highest BCUT2D eigenvalue weighted by atomic mass is 16.3. The number of aliphatic hydroxyl groups is 1. The first-order chi connectivity index (χ1) is 5.65. The van der Waals surface area contributed by atoms with Gasteiger partial charge in [-0.2, -0.15) is 0 Å². The van der Waals surface area contributed by atoms with Crippen LogP contribution in [0.2, 0.25) is 0 Å². The maximum Gasteiger partial charge on any atom is 0.0713 e. The van der Waals surface area contributed by atoms with E-state index in [4.69, 9.17) is 5.73 Å². The van der Waals surface area contributed by atoms with E-state index < -0.39 is 5.60 Å². The molecule has 1 fully saturated rings. The first-order valence-electron chi connectivity index (χ1n) is 5.07. The highest BCUT2D eigenvalue weighted by Gasteiger charge is 2.43. The summed E-state index contributed by atoms with van der Waals surface area (Å²) in [6.45, 7) is 4.88. The molecule has 1 rings (SSSR count). The van der Waals surface area contributed by atoms with Gasteiger partial charge >= 0.3 is 0 Å². The van der Waals surface area contributed by atoms with Crippen LogP contribution in [-0.4, -0.2) is 17.3 Å². The van der Waals surface area contributed by atoms with Crippen LogP contribution in [-0.2, 0) is 0 Å². The van der Waals surface area contributed by atoms with E-state index in [0.717, 1.165) is 25.7 Å². The molecule has 0 saturated heterocycles. The van der Waals surface area contributed by atoms with E-state index in [9.17, 15) is 5.11 Å². The van der Waals surface area contributed by atoms with Crippen molar-refractivity contribution in [2.24, 2.45) is 17.6 Å². The largest absolute Gasteiger partial charge is 0.389 e.